The molecule has 1 saturated heterocycles. The SMILES string of the molecule is CCCN1C[C@@H](NC(=O)O)C[C@@H]2c3cccc4[nH]cc(c34)C[C@H]21. The Morgan fingerprint density at radius 1 is 1.48 bits per heavy atom. The Morgan fingerprint density at radius 2 is 2.35 bits per heavy atom. The van der Waals surface area contributed by atoms with Gasteiger partial charge in [-0.15, -0.1) is 0 Å². The highest BCUT2D eigenvalue weighted by Gasteiger charge is 2.40. The number of carbonyl (C=O) groups is 1. The number of fused-ring (bicyclic) bond motifs is 2. The highest BCUT2D eigenvalue weighted by Crippen LogP contribution is 2.43. The molecule has 23 heavy (non-hydrogen) atoms. The van der Waals surface area contributed by atoms with Crippen LogP contribution in [0.15, 0.2) is 24.4 Å². The number of carboxylic acid groups (broad SMARTS) is 1. The van der Waals surface area contributed by atoms with E-state index in [0.29, 0.717) is 12.0 Å². The zero-order valence-electron chi connectivity index (χ0n) is 13.4. The molecule has 2 heterocycles. The first-order chi connectivity index (χ1) is 11.2. The van der Waals surface area contributed by atoms with Crippen LogP contribution in [0.2, 0.25) is 0 Å². The largest absolute Gasteiger partial charge is 0.465 e. The molecule has 0 radical (unpaired) electrons. The van der Waals surface area contributed by atoms with Gasteiger partial charge in [0.2, 0.25) is 0 Å². The van der Waals surface area contributed by atoms with Crippen LogP contribution >= 0.6 is 0 Å². The monoisotopic (exact) mass is 313 g/mol. The molecule has 1 aliphatic carbocycles. The molecule has 1 aromatic carbocycles. The third kappa shape index (κ3) is 2.39. The molecule has 122 valence electrons. The van der Waals surface area contributed by atoms with Gasteiger partial charge in [0.1, 0.15) is 0 Å². The number of amides is 1. The van der Waals surface area contributed by atoms with E-state index in [0.717, 1.165) is 32.4 Å². The molecule has 3 N–H and O–H groups in total. The van der Waals surface area contributed by atoms with Crippen LogP contribution in [0.5, 0.6) is 0 Å². The molecule has 2 aromatic rings. The molecular weight excluding hydrogens is 290 g/mol. The Labute approximate surface area is 135 Å². The van der Waals surface area contributed by atoms with E-state index in [2.05, 4.69) is 46.5 Å². The lowest BCUT2D eigenvalue weighted by atomic mass is 9.74. The Balaban J connectivity index is 1.74. The van der Waals surface area contributed by atoms with E-state index in [1.165, 1.54) is 22.0 Å². The minimum absolute atomic E-state index is 0.0102. The smallest absolute Gasteiger partial charge is 0.404 e. The number of rotatable bonds is 3. The molecule has 2 aliphatic rings. The number of nitrogens with zero attached hydrogens (tertiary/aromatic N) is 1. The van der Waals surface area contributed by atoms with Crippen molar-refractivity contribution in [2.24, 2.45) is 0 Å². The summed E-state index contributed by atoms with van der Waals surface area (Å²) in [6.07, 6.45) is 4.27. The summed E-state index contributed by atoms with van der Waals surface area (Å²) in [5.74, 6) is 0.402. The number of hydrogen-bond acceptors (Lipinski definition) is 2. The number of aromatic amines is 1. The highest BCUT2D eigenvalue weighted by atomic mass is 16.4. The van der Waals surface area contributed by atoms with E-state index in [9.17, 15) is 4.79 Å². The summed E-state index contributed by atoms with van der Waals surface area (Å²) in [7, 11) is 0. The van der Waals surface area contributed by atoms with Gasteiger partial charge in [0.25, 0.3) is 0 Å². The van der Waals surface area contributed by atoms with Crippen LogP contribution in [0.3, 0.4) is 0 Å². The summed E-state index contributed by atoms with van der Waals surface area (Å²) < 4.78 is 0. The molecular formula is C18H23N3O2. The number of hydrogen-bond donors (Lipinski definition) is 3. The van der Waals surface area contributed by atoms with Crippen LogP contribution in [0, 0.1) is 0 Å². The summed E-state index contributed by atoms with van der Waals surface area (Å²) in [6, 6.07) is 6.96. The van der Waals surface area contributed by atoms with Crippen LogP contribution in [0.4, 0.5) is 4.79 Å². The predicted molar refractivity (Wildman–Crippen MR) is 90.0 cm³/mol. The van der Waals surface area contributed by atoms with Crippen LogP contribution in [-0.4, -0.2) is 46.3 Å². The second-order valence-corrected chi connectivity index (χ2v) is 6.84. The molecule has 0 spiro atoms. The van der Waals surface area contributed by atoms with Gasteiger partial charge in [-0.25, -0.2) is 4.79 Å². The Hall–Kier alpha value is -2.01. The lowest BCUT2D eigenvalue weighted by Gasteiger charge is -2.47. The minimum Gasteiger partial charge on any atom is -0.465 e. The van der Waals surface area contributed by atoms with Gasteiger partial charge in [-0.3, -0.25) is 4.90 Å². The molecule has 5 nitrogen and oxygen atoms in total. The van der Waals surface area contributed by atoms with Gasteiger partial charge in [0.05, 0.1) is 0 Å². The lowest BCUT2D eigenvalue weighted by Crippen LogP contribution is -2.56. The predicted octanol–water partition coefficient (Wildman–Crippen LogP) is 2.93. The first-order valence-electron chi connectivity index (χ1n) is 8.49. The summed E-state index contributed by atoms with van der Waals surface area (Å²) in [6.45, 7) is 4.03. The fraction of sp³-hybridized carbons (Fsp3) is 0.500. The number of benzene rings is 1. The van der Waals surface area contributed by atoms with Gasteiger partial charge < -0.3 is 15.4 Å². The van der Waals surface area contributed by atoms with Gasteiger partial charge in [-0.1, -0.05) is 19.1 Å². The zero-order chi connectivity index (χ0) is 16.0. The van der Waals surface area contributed by atoms with Crippen molar-refractivity contribution in [3.05, 3.63) is 35.5 Å². The molecule has 5 heteroatoms. The number of H-pyrrole nitrogens is 1. The zero-order valence-corrected chi connectivity index (χ0v) is 13.4. The van der Waals surface area contributed by atoms with Gasteiger partial charge in [0, 0.05) is 41.6 Å². The van der Waals surface area contributed by atoms with Crippen molar-refractivity contribution in [1.82, 2.24) is 15.2 Å². The van der Waals surface area contributed by atoms with Crippen LogP contribution in [0.25, 0.3) is 10.9 Å². The third-order valence-electron chi connectivity index (χ3n) is 5.41. The second kappa shape index (κ2) is 5.57. The van der Waals surface area contributed by atoms with Crippen molar-refractivity contribution in [2.45, 2.75) is 44.2 Å². The van der Waals surface area contributed by atoms with Gasteiger partial charge in [-0.05, 0) is 43.0 Å². The van der Waals surface area contributed by atoms with Gasteiger partial charge in [0.15, 0.2) is 0 Å². The molecule has 0 bridgehead atoms. The first-order valence-corrected chi connectivity index (χ1v) is 8.49. The topological polar surface area (TPSA) is 68.4 Å². The molecule has 1 aromatic heterocycles. The fourth-order valence-corrected chi connectivity index (χ4v) is 4.62. The summed E-state index contributed by atoms with van der Waals surface area (Å²) >= 11 is 0. The maximum absolute atomic E-state index is 11.1. The first kappa shape index (κ1) is 14.6. The molecule has 3 atom stereocenters. The van der Waals surface area contributed by atoms with E-state index >= 15 is 0 Å². The quantitative estimate of drug-likeness (QED) is 0.816. The second-order valence-electron chi connectivity index (χ2n) is 6.84. The van der Waals surface area contributed by atoms with Crippen molar-refractivity contribution < 1.29 is 9.90 Å². The molecule has 0 saturated carbocycles. The molecule has 0 unspecified atom stereocenters. The Morgan fingerprint density at radius 3 is 3.13 bits per heavy atom. The van der Waals surface area contributed by atoms with E-state index in [1.807, 2.05) is 0 Å². The van der Waals surface area contributed by atoms with Crippen molar-refractivity contribution in [2.75, 3.05) is 13.1 Å². The summed E-state index contributed by atoms with van der Waals surface area (Å²) in [5.41, 5.74) is 3.99. The van der Waals surface area contributed by atoms with Crippen molar-refractivity contribution >= 4 is 17.0 Å². The number of nitrogens with one attached hydrogen (secondary N) is 2. The molecule has 1 fully saturated rings. The average molecular weight is 313 g/mol. The van der Waals surface area contributed by atoms with E-state index in [-0.39, 0.29) is 6.04 Å². The lowest BCUT2D eigenvalue weighted by molar-refractivity contribution is 0.0964. The van der Waals surface area contributed by atoms with Crippen molar-refractivity contribution in [3.8, 4) is 0 Å². The van der Waals surface area contributed by atoms with Gasteiger partial charge >= 0.3 is 6.09 Å². The van der Waals surface area contributed by atoms with Crippen LogP contribution < -0.4 is 5.32 Å². The minimum atomic E-state index is -0.916. The Bertz CT molecular complexity index is 739. The normalized spacial score (nSPS) is 26.9. The number of aromatic nitrogens is 1. The standard InChI is InChI=1S/C18H23N3O2/c1-2-6-21-10-12(20-18(22)23)8-14-13-4-3-5-15-17(13)11(9-19-15)7-16(14)21/h3-5,9,12,14,16,19-20H,2,6-8,10H2,1H3,(H,22,23)/t12-,14+,16+/m0/s1. The number of piperidine rings is 1. The number of likely N-dealkylation sites (tertiary alicyclic amines) is 1. The molecule has 1 aliphatic heterocycles. The van der Waals surface area contributed by atoms with E-state index in [1.54, 1.807) is 0 Å². The highest BCUT2D eigenvalue weighted by molar-refractivity contribution is 5.88. The maximum atomic E-state index is 11.1. The van der Waals surface area contributed by atoms with Crippen molar-refractivity contribution in [1.29, 1.82) is 0 Å². The fourth-order valence-electron chi connectivity index (χ4n) is 4.62. The summed E-state index contributed by atoms with van der Waals surface area (Å²) in [4.78, 5) is 17.0. The Kier molecular flexibility index (Phi) is 3.53. The van der Waals surface area contributed by atoms with Crippen LogP contribution in [0.1, 0.15) is 36.8 Å². The van der Waals surface area contributed by atoms with Gasteiger partial charge in [-0.2, -0.15) is 0 Å². The summed E-state index contributed by atoms with van der Waals surface area (Å²) in [5, 5.41) is 13.2. The van der Waals surface area contributed by atoms with E-state index < -0.39 is 6.09 Å². The molecule has 4 rings (SSSR count). The molecule has 1 amide bonds. The maximum Gasteiger partial charge on any atom is 0.404 e. The van der Waals surface area contributed by atoms with E-state index in [4.69, 9.17) is 5.11 Å². The average Bonchev–Trinajstić information content (AvgIpc) is 2.93. The third-order valence-corrected chi connectivity index (χ3v) is 5.41. The van der Waals surface area contributed by atoms with Crippen molar-refractivity contribution in [3.63, 3.8) is 0 Å². The van der Waals surface area contributed by atoms with Crippen LogP contribution in [-0.2, 0) is 6.42 Å².